The second-order valence-corrected chi connectivity index (χ2v) is 8.16. The molecule has 1 saturated carbocycles. The molecule has 2 aliphatic rings. The number of amides is 1. The second kappa shape index (κ2) is 7.83. The van der Waals surface area contributed by atoms with Crippen LogP contribution in [-0.4, -0.2) is 40.5 Å². The third-order valence-electron chi connectivity index (χ3n) is 5.70. The predicted molar refractivity (Wildman–Crippen MR) is 97.6 cm³/mol. The quantitative estimate of drug-likeness (QED) is 0.887. The van der Waals surface area contributed by atoms with Crippen molar-refractivity contribution in [2.45, 2.75) is 70.4 Å². The summed E-state index contributed by atoms with van der Waals surface area (Å²) in [5.74, 6) is -0.0412. The van der Waals surface area contributed by atoms with Crippen molar-refractivity contribution in [3.05, 3.63) is 20.7 Å². The molecule has 0 radical (unpaired) electrons. The zero-order chi connectivity index (χ0) is 17.0. The third kappa shape index (κ3) is 3.91. The summed E-state index contributed by atoms with van der Waals surface area (Å²) in [5, 5.41) is 4.96. The second-order valence-electron chi connectivity index (χ2n) is 7.34. The highest BCUT2D eigenvalue weighted by Crippen LogP contribution is 2.35. The molecule has 1 N–H and O–H groups in total. The molecule has 1 aromatic rings. The van der Waals surface area contributed by atoms with Crippen LogP contribution < -0.4 is 10.2 Å². The van der Waals surface area contributed by atoms with Gasteiger partial charge in [0.1, 0.15) is 6.54 Å². The van der Waals surface area contributed by atoms with Crippen molar-refractivity contribution in [1.82, 2.24) is 14.8 Å². The lowest BCUT2D eigenvalue weighted by Gasteiger charge is -2.48. The molecule has 6 heteroatoms. The van der Waals surface area contributed by atoms with Crippen LogP contribution in [0.25, 0.3) is 0 Å². The molecule has 0 bridgehead atoms. The SMILES string of the molecule is Cc1csc(=O)n1CC(=O)NCC1(N2CCCCC2)CCCCC1. The summed E-state index contributed by atoms with van der Waals surface area (Å²) >= 11 is 1.16. The van der Waals surface area contributed by atoms with Gasteiger partial charge < -0.3 is 5.32 Å². The van der Waals surface area contributed by atoms with Crippen LogP contribution in [0, 0.1) is 6.92 Å². The summed E-state index contributed by atoms with van der Waals surface area (Å²) in [6.07, 6.45) is 10.1. The first-order chi connectivity index (χ1) is 11.6. The van der Waals surface area contributed by atoms with E-state index in [1.165, 1.54) is 64.5 Å². The van der Waals surface area contributed by atoms with E-state index in [4.69, 9.17) is 0 Å². The van der Waals surface area contributed by atoms with Crippen LogP contribution in [-0.2, 0) is 11.3 Å². The molecule has 134 valence electrons. The maximum Gasteiger partial charge on any atom is 0.307 e. The highest BCUT2D eigenvalue weighted by Gasteiger charge is 2.38. The van der Waals surface area contributed by atoms with Crippen LogP contribution >= 0.6 is 11.3 Å². The topological polar surface area (TPSA) is 54.3 Å². The van der Waals surface area contributed by atoms with Crippen LogP contribution in [0.1, 0.15) is 57.1 Å². The molecule has 1 amide bonds. The molecule has 24 heavy (non-hydrogen) atoms. The van der Waals surface area contributed by atoms with E-state index >= 15 is 0 Å². The number of hydrogen-bond acceptors (Lipinski definition) is 4. The molecular formula is C18H29N3O2S. The highest BCUT2D eigenvalue weighted by molar-refractivity contribution is 7.07. The van der Waals surface area contributed by atoms with Crippen LogP contribution in [0.2, 0.25) is 0 Å². The first kappa shape index (κ1) is 17.7. The normalized spacial score (nSPS) is 21.5. The van der Waals surface area contributed by atoms with Crippen molar-refractivity contribution in [3.8, 4) is 0 Å². The van der Waals surface area contributed by atoms with E-state index < -0.39 is 0 Å². The minimum absolute atomic E-state index is 0.0412. The van der Waals surface area contributed by atoms with Gasteiger partial charge >= 0.3 is 4.87 Å². The molecular weight excluding hydrogens is 322 g/mol. The van der Waals surface area contributed by atoms with Gasteiger partial charge in [0.05, 0.1) is 0 Å². The van der Waals surface area contributed by atoms with Gasteiger partial charge in [-0.3, -0.25) is 19.1 Å². The number of aryl methyl sites for hydroxylation is 1. The number of likely N-dealkylation sites (tertiary alicyclic amines) is 1. The Kier molecular flexibility index (Phi) is 5.76. The van der Waals surface area contributed by atoms with E-state index in [0.29, 0.717) is 0 Å². The van der Waals surface area contributed by atoms with Gasteiger partial charge in [-0.25, -0.2) is 0 Å². The van der Waals surface area contributed by atoms with E-state index in [0.717, 1.165) is 23.6 Å². The first-order valence-corrected chi connectivity index (χ1v) is 10.2. The molecule has 2 fully saturated rings. The van der Waals surface area contributed by atoms with Gasteiger partial charge in [0.2, 0.25) is 5.91 Å². The average Bonchev–Trinajstić information content (AvgIpc) is 2.93. The summed E-state index contributed by atoms with van der Waals surface area (Å²) in [6, 6.07) is 0. The first-order valence-electron chi connectivity index (χ1n) is 9.27. The van der Waals surface area contributed by atoms with E-state index in [9.17, 15) is 9.59 Å². The Morgan fingerprint density at radius 1 is 1.17 bits per heavy atom. The number of piperidine rings is 1. The van der Waals surface area contributed by atoms with E-state index in [1.54, 1.807) is 4.57 Å². The number of carbonyl (C=O) groups is 1. The number of nitrogens with zero attached hydrogens (tertiary/aromatic N) is 2. The van der Waals surface area contributed by atoms with Gasteiger partial charge in [-0.05, 0) is 45.7 Å². The molecule has 0 unspecified atom stereocenters. The van der Waals surface area contributed by atoms with Crippen molar-refractivity contribution in [3.63, 3.8) is 0 Å². The number of carbonyl (C=O) groups excluding carboxylic acids is 1. The van der Waals surface area contributed by atoms with Gasteiger partial charge in [0.15, 0.2) is 0 Å². The number of hydrogen-bond donors (Lipinski definition) is 1. The van der Waals surface area contributed by atoms with Crippen LogP contribution in [0.5, 0.6) is 0 Å². The van der Waals surface area contributed by atoms with Crippen molar-refractivity contribution in [2.24, 2.45) is 0 Å². The molecule has 0 atom stereocenters. The van der Waals surface area contributed by atoms with Gasteiger partial charge in [-0.15, -0.1) is 0 Å². The van der Waals surface area contributed by atoms with Crippen LogP contribution in [0.15, 0.2) is 10.2 Å². The minimum Gasteiger partial charge on any atom is -0.353 e. The zero-order valence-electron chi connectivity index (χ0n) is 14.7. The minimum atomic E-state index is -0.0499. The molecule has 0 spiro atoms. The van der Waals surface area contributed by atoms with Crippen LogP contribution in [0.4, 0.5) is 0 Å². The average molecular weight is 352 g/mol. The third-order valence-corrected chi connectivity index (χ3v) is 6.58. The standard InChI is InChI=1S/C18H29N3O2S/c1-15-13-24-17(23)21(15)12-16(22)19-14-18(8-4-2-5-9-18)20-10-6-3-7-11-20/h13H,2-12,14H2,1H3,(H,19,22). The molecule has 1 aliphatic carbocycles. The van der Waals surface area contributed by atoms with E-state index in [-0.39, 0.29) is 22.9 Å². The Balaban J connectivity index is 1.62. The lowest BCUT2D eigenvalue weighted by atomic mass is 9.79. The summed E-state index contributed by atoms with van der Waals surface area (Å²) in [7, 11) is 0. The van der Waals surface area contributed by atoms with Crippen molar-refractivity contribution >= 4 is 17.2 Å². The Bertz CT molecular complexity index is 610. The predicted octanol–water partition coefficient (Wildman–Crippen LogP) is 2.52. The number of rotatable bonds is 5. The molecule has 0 aromatic carbocycles. The summed E-state index contributed by atoms with van der Waals surface area (Å²) in [6.45, 7) is 5.08. The summed E-state index contributed by atoms with van der Waals surface area (Å²) < 4.78 is 1.56. The molecule has 2 heterocycles. The smallest absolute Gasteiger partial charge is 0.307 e. The van der Waals surface area contributed by atoms with Crippen LogP contribution in [0.3, 0.4) is 0 Å². The van der Waals surface area contributed by atoms with Gasteiger partial charge in [0, 0.05) is 23.2 Å². The summed E-state index contributed by atoms with van der Waals surface area (Å²) in [5.41, 5.74) is 1.01. The van der Waals surface area contributed by atoms with Crippen molar-refractivity contribution in [1.29, 1.82) is 0 Å². The number of nitrogens with one attached hydrogen (secondary N) is 1. The maximum atomic E-state index is 12.4. The fraction of sp³-hybridized carbons (Fsp3) is 0.778. The van der Waals surface area contributed by atoms with E-state index in [2.05, 4.69) is 10.2 Å². The summed E-state index contributed by atoms with van der Waals surface area (Å²) in [4.78, 5) is 26.8. The van der Waals surface area contributed by atoms with Crippen molar-refractivity contribution < 1.29 is 4.79 Å². The van der Waals surface area contributed by atoms with Gasteiger partial charge in [0.25, 0.3) is 0 Å². The number of thiazole rings is 1. The fourth-order valence-electron chi connectivity index (χ4n) is 4.24. The molecule has 1 saturated heterocycles. The maximum absolute atomic E-state index is 12.4. The molecule has 3 rings (SSSR count). The Morgan fingerprint density at radius 3 is 2.46 bits per heavy atom. The monoisotopic (exact) mass is 351 g/mol. The zero-order valence-corrected chi connectivity index (χ0v) is 15.5. The molecule has 1 aromatic heterocycles. The lowest BCUT2D eigenvalue weighted by Crippen LogP contribution is -2.58. The highest BCUT2D eigenvalue weighted by atomic mass is 32.1. The van der Waals surface area contributed by atoms with Crippen molar-refractivity contribution in [2.75, 3.05) is 19.6 Å². The molecule has 1 aliphatic heterocycles. The van der Waals surface area contributed by atoms with E-state index in [1.807, 2.05) is 12.3 Å². The molecule has 5 nitrogen and oxygen atoms in total. The Morgan fingerprint density at radius 2 is 1.83 bits per heavy atom. The van der Waals surface area contributed by atoms with Gasteiger partial charge in [-0.2, -0.15) is 0 Å². The fourth-order valence-corrected chi connectivity index (χ4v) is 4.98. The Labute approximate surface area is 148 Å². The lowest BCUT2D eigenvalue weighted by molar-refractivity contribution is -0.122. The largest absolute Gasteiger partial charge is 0.353 e. The van der Waals surface area contributed by atoms with Gasteiger partial charge in [-0.1, -0.05) is 37.0 Å². The Hall–Kier alpha value is -1.14. The number of aromatic nitrogens is 1.